The van der Waals surface area contributed by atoms with Gasteiger partial charge in [-0.3, -0.25) is 38.8 Å². The van der Waals surface area contributed by atoms with E-state index < -0.39 is 134 Å². The summed E-state index contributed by atoms with van der Waals surface area (Å²) in [7, 11) is 0. The Morgan fingerprint density at radius 1 is 0.565 bits per heavy atom. The van der Waals surface area contributed by atoms with E-state index >= 15 is 0 Å². The highest BCUT2D eigenvalue weighted by atomic mass is 16.7. The molecule has 28 heteroatoms. The average molecular weight is 992 g/mol. The molecule has 3 fully saturated rings. The molecule has 0 aliphatic carbocycles. The second kappa shape index (κ2) is 25.3. The van der Waals surface area contributed by atoms with Gasteiger partial charge in [-0.15, -0.1) is 0 Å². The van der Waals surface area contributed by atoms with Gasteiger partial charge in [-0.25, -0.2) is 0 Å². The van der Waals surface area contributed by atoms with Crippen LogP contribution in [0.1, 0.15) is 37.6 Å². The molecule has 69 heavy (non-hydrogen) atoms. The summed E-state index contributed by atoms with van der Waals surface area (Å²) in [5, 5.41) is 139. The fourth-order valence-corrected chi connectivity index (χ4v) is 8.51. The van der Waals surface area contributed by atoms with Gasteiger partial charge in [-0.2, -0.15) is 0 Å². The number of carbonyl (C=O) groups is 5. The Bertz CT molecular complexity index is 1790. The zero-order valence-electron chi connectivity index (χ0n) is 37.6. The van der Waals surface area contributed by atoms with E-state index in [1.807, 2.05) is 4.90 Å². The summed E-state index contributed by atoms with van der Waals surface area (Å²) in [6, 6.07) is 2.41. The highest BCUT2D eigenvalue weighted by molar-refractivity contribution is 5.83. The molecule has 17 atom stereocenters. The van der Waals surface area contributed by atoms with E-state index in [1.54, 1.807) is 28.0 Å². The standard InChI is InChI=1S/C41H65N7O21/c1-18-23(49)31(67-39(64)24(18)50)34(57)43-9-6-21(37(60)61)47-14-12-46(11-3-8-42-35(58)32-27(53)25(51)29(55)40(65)68-32)13-15-48(17-20-5-2-4-19(16-47)45-20)22(38(62)63)7-10-44-36(59)33-28(54)26(52)30(56)41(66)69-33/h2,4-5,18,21-33,39-41,49-56,64-66H,3,6-17H2,1H3,(H,42,58)(H,43,57)(H,44,59)(H,60,61)(H,62,63)/t18-,21?,22?,23+,24+,25-,26-,27+,28+,29+,30+,31-,32-,33-,39?,40?,41-/m0/s1. The molecule has 0 aromatic carbocycles. The van der Waals surface area contributed by atoms with E-state index in [2.05, 4.69) is 16.0 Å². The molecular weight excluding hydrogens is 926 g/mol. The maximum atomic E-state index is 13.0. The topological polar surface area (TPSA) is 435 Å². The second-order valence-electron chi connectivity index (χ2n) is 17.5. The molecule has 3 amide bonds. The Balaban J connectivity index is 1.32. The number of ether oxygens (including phenoxy) is 3. The van der Waals surface area contributed by atoms with Crippen LogP contribution in [0.2, 0.25) is 0 Å². The van der Waals surface area contributed by atoms with Gasteiger partial charge in [0.05, 0.1) is 17.5 Å². The number of aromatic nitrogens is 1. The minimum Gasteiger partial charge on any atom is -0.480 e. The number of hydrogen-bond donors (Lipinski definition) is 16. The third-order valence-electron chi connectivity index (χ3n) is 12.8. The molecule has 1 aromatic rings. The Morgan fingerprint density at radius 3 is 1.38 bits per heavy atom. The number of rotatable bonds is 17. The van der Waals surface area contributed by atoms with Gasteiger partial charge in [-0.1, -0.05) is 13.0 Å². The van der Waals surface area contributed by atoms with Gasteiger partial charge < -0.3 is 101 Å². The first-order valence-electron chi connectivity index (χ1n) is 22.5. The van der Waals surface area contributed by atoms with Gasteiger partial charge >= 0.3 is 11.9 Å². The van der Waals surface area contributed by atoms with Crippen LogP contribution >= 0.6 is 0 Å². The molecule has 0 spiro atoms. The number of nitrogens with one attached hydrogen (secondary N) is 3. The largest absolute Gasteiger partial charge is 0.480 e. The summed E-state index contributed by atoms with van der Waals surface area (Å²) in [6.45, 7) is 1.32. The van der Waals surface area contributed by atoms with Crippen LogP contribution in [0.15, 0.2) is 18.2 Å². The quantitative estimate of drug-likeness (QED) is 0.0645. The van der Waals surface area contributed by atoms with Gasteiger partial charge in [0.1, 0.15) is 54.8 Å². The molecule has 3 saturated heterocycles. The summed E-state index contributed by atoms with van der Waals surface area (Å²) in [5.41, 5.74) is 0.784. The predicted octanol–water partition coefficient (Wildman–Crippen LogP) is -8.90. The second-order valence-corrected chi connectivity index (χ2v) is 17.5. The van der Waals surface area contributed by atoms with Crippen LogP contribution in [-0.4, -0.2) is 266 Å². The molecule has 5 rings (SSSR count). The van der Waals surface area contributed by atoms with Crippen LogP contribution in [0.4, 0.5) is 0 Å². The maximum Gasteiger partial charge on any atom is 0.320 e. The number of fused-ring (bicyclic) bond motifs is 2. The van der Waals surface area contributed by atoms with Crippen molar-refractivity contribution >= 4 is 29.7 Å². The van der Waals surface area contributed by atoms with E-state index in [0.29, 0.717) is 11.4 Å². The number of amides is 3. The summed E-state index contributed by atoms with van der Waals surface area (Å²) in [5.74, 6) is -6.20. The number of aliphatic carboxylic acids is 2. The minimum atomic E-state index is -1.99. The van der Waals surface area contributed by atoms with Gasteiger partial charge in [0.15, 0.2) is 37.2 Å². The number of aliphatic hydroxyl groups is 11. The smallest absolute Gasteiger partial charge is 0.320 e. The predicted molar refractivity (Wildman–Crippen MR) is 227 cm³/mol. The number of hydrogen-bond acceptors (Lipinski definition) is 23. The van der Waals surface area contributed by atoms with Crippen molar-refractivity contribution in [2.45, 2.75) is 137 Å². The first kappa shape index (κ1) is 55.7. The van der Waals surface area contributed by atoms with E-state index in [0.717, 1.165) is 0 Å². The van der Waals surface area contributed by atoms with Crippen LogP contribution in [-0.2, 0) is 51.3 Å². The minimum absolute atomic E-state index is 0.0396. The first-order valence-corrected chi connectivity index (χ1v) is 22.5. The van der Waals surface area contributed by atoms with Gasteiger partial charge in [0.25, 0.3) is 17.7 Å². The molecular formula is C41H65N7O21. The first-order chi connectivity index (χ1) is 32.6. The molecule has 4 aliphatic rings. The molecule has 28 nitrogen and oxygen atoms in total. The zero-order valence-corrected chi connectivity index (χ0v) is 37.6. The molecule has 0 radical (unpaired) electrons. The monoisotopic (exact) mass is 991 g/mol. The summed E-state index contributed by atoms with van der Waals surface area (Å²) >= 11 is 0. The fourth-order valence-electron chi connectivity index (χ4n) is 8.51. The van der Waals surface area contributed by atoms with Crippen molar-refractivity contribution in [2.24, 2.45) is 5.92 Å². The van der Waals surface area contributed by atoms with Crippen molar-refractivity contribution in [1.82, 2.24) is 35.6 Å². The Kier molecular flexibility index (Phi) is 20.4. The van der Waals surface area contributed by atoms with Crippen LogP contribution in [0, 0.1) is 5.92 Å². The Hall–Kier alpha value is -4.18. The number of carboxylic acid groups (broad SMARTS) is 2. The lowest BCUT2D eigenvalue weighted by Gasteiger charge is -2.38. The third kappa shape index (κ3) is 14.3. The molecule has 2 bridgehead atoms. The van der Waals surface area contributed by atoms with E-state index in [1.165, 1.54) is 6.92 Å². The molecule has 1 aromatic heterocycles. The van der Waals surface area contributed by atoms with Crippen LogP contribution in [0.25, 0.3) is 0 Å². The van der Waals surface area contributed by atoms with E-state index in [9.17, 15) is 90.4 Å². The van der Waals surface area contributed by atoms with Crippen molar-refractivity contribution in [2.75, 3.05) is 52.4 Å². The van der Waals surface area contributed by atoms with Crippen molar-refractivity contribution in [1.29, 1.82) is 0 Å². The van der Waals surface area contributed by atoms with E-state index in [4.69, 9.17) is 19.2 Å². The lowest BCUT2D eigenvalue weighted by atomic mass is 9.90. The highest BCUT2D eigenvalue weighted by Gasteiger charge is 2.48. The van der Waals surface area contributed by atoms with Crippen molar-refractivity contribution < 1.29 is 105 Å². The lowest BCUT2D eigenvalue weighted by Crippen LogP contribution is -2.61. The summed E-state index contributed by atoms with van der Waals surface area (Å²) in [4.78, 5) is 74.5. The maximum absolute atomic E-state index is 13.0. The van der Waals surface area contributed by atoms with Gasteiger partial charge in [0.2, 0.25) is 0 Å². The van der Waals surface area contributed by atoms with Crippen LogP contribution in [0.5, 0.6) is 0 Å². The van der Waals surface area contributed by atoms with Crippen molar-refractivity contribution in [3.8, 4) is 0 Å². The third-order valence-corrected chi connectivity index (χ3v) is 12.8. The Labute approximate surface area is 394 Å². The molecule has 16 N–H and O–H groups in total. The number of aliphatic hydroxyl groups excluding tert-OH is 11. The SMILES string of the molecule is C[C@H]1[C@@H](O)[C@@H](C(=O)NCCC(C(=O)O)N2CCN(CCCNC(=O)[C@H]3OC(O)[C@H](O)[C@@H](O)[C@H]3O)CCN(C(CCNC(=O)[C@H]3O[C@H](O)[C@H](O)[C@@H](O)[C@H]3O)C(=O)O)Cc3cccc(n3)C2)OC(O)[C@@H]1O. The van der Waals surface area contributed by atoms with Crippen molar-refractivity contribution in [3.63, 3.8) is 0 Å². The molecule has 5 heterocycles. The normalized spacial score (nSPS) is 35.1. The Morgan fingerprint density at radius 2 is 0.957 bits per heavy atom. The molecule has 390 valence electrons. The zero-order chi connectivity index (χ0) is 50.9. The lowest BCUT2D eigenvalue weighted by molar-refractivity contribution is -0.275. The van der Waals surface area contributed by atoms with E-state index in [-0.39, 0.29) is 84.7 Å². The summed E-state index contributed by atoms with van der Waals surface area (Å²) < 4.78 is 15.1. The number of carboxylic acids is 2. The highest BCUT2D eigenvalue weighted by Crippen LogP contribution is 2.26. The van der Waals surface area contributed by atoms with Crippen LogP contribution in [0.3, 0.4) is 0 Å². The fraction of sp³-hybridized carbons (Fsp3) is 0.756. The molecule has 4 unspecified atom stereocenters. The number of carbonyl (C=O) groups excluding carboxylic acids is 3. The average Bonchev–Trinajstić information content (AvgIpc) is 3.31. The summed E-state index contributed by atoms with van der Waals surface area (Å²) in [6.07, 6.45) is -25.2. The van der Waals surface area contributed by atoms with Crippen LogP contribution < -0.4 is 16.0 Å². The van der Waals surface area contributed by atoms with Gasteiger partial charge in [0, 0.05) is 64.8 Å². The van der Waals surface area contributed by atoms with Crippen molar-refractivity contribution in [3.05, 3.63) is 29.6 Å². The molecule has 4 aliphatic heterocycles. The molecule has 0 saturated carbocycles. The number of nitrogens with zero attached hydrogens (tertiary/aromatic N) is 4. The number of pyridine rings is 1. The van der Waals surface area contributed by atoms with Gasteiger partial charge in [-0.05, 0) is 37.9 Å².